The molecule has 152 valence electrons. The second kappa shape index (κ2) is 7.18. The van der Waals surface area contributed by atoms with E-state index in [-0.39, 0.29) is 12.3 Å². The SMILES string of the molecule is CCCCN1C(=O)C2C(c3cc(C)c(O)c(C)c3)NC(CO)(C(=O)O)C2C1=O. The molecule has 0 bridgehead atoms. The number of likely N-dealkylation sites (tertiary alicyclic amines) is 1. The molecule has 0 spiro atoms. The maximum atomic E-state index is 13.1. The van der Waals surface area contributed by atoms with Gasteiger partial charge in [0.25, 0.3) is 0 Å². The normalized spacial score (nSPS) is 29.4. The average molecular weight is 390 g/mol. The summed E-state index contributed by atoms with van der Waals surface area (Å²) >= 11 is 0. The summed E-state index contributed by atoms with van der Waals surface area (Å²) in [5, 5.41) is 32.7. The Morgan fingerprint density at radius 2 is 1.82 bits per heavy atom. The number of hydrogen-bond donors (Lipinski definition) is 4. The van der Waals surface area contributed by atoms with Gasteiger partial charge in [-0.1, -0.05) is 25.5 Å². The van der Waals surface area contributed by atoms with E-state index < -0.39 is 47.8 Å². The number of carboxylic acid groups (broad SMARTS) is 1. The number of imide groups is 1. The molecule has 8 heteroatoms. The first-order chi connectivity index (χ1) is 13.2. The summed E-state index contributed by atoms with van der Waals surface area (Å²) < 4.78 is 0. The minimum absolute atomic E-state index is 0.128. The van der Waals surface area contributed by atoms with Crippen LogP contribution in [0.4, 0.5) is 0 Å². The maximum Gasteiger partial charge on any atom is 0.327 e. The molecular weight excluding hydrogens is 364 g/mol. The monoisotopic (exact) mass is 390 g/mol. The molecule has 1 aromatic carbocycles. The van der Waals surface area contributed by atoms with Gasteiger partial charge in [-0.15, -0.1) is 0 Å². The lowest BCUT2D eigenvalue weighted by Crippen LogP contribution is -2.58. The standard InChI is InChI=1S/C20H26N2O6/c1-4-5-6-22-17(25)13-14(18(22)26)20(9-23,19(27)28)21-15(13)12-7-10(2)16(24)11(3)8-12/h7-8,13-15,21,23-24H,4-6,9H2,1-3H3,(H,27,28). The molecule has 4 unspecified atom stereocenters. The number of nitrogens with zero attached hydrogens (tertiary/aromatic N) is 1. The third kappa shape index (κ3) is 2.79. The Labute approximate surface area is 163 Å². The van der Waals surface area contributed by atoms with E-state index in [1.807, 2.05) is 6.92 Å². The molecule has 3 rings (SSSR count). The van der Waals surface area contributed by atoms with Crippen LogP contribution in [-0.4, -0.2) is 56.7 Å². The summed E-state index contributed by atoms with van der Waals surface area (Å²) in [5.74, 6) is -4.31. The molecule has 4 atom stereocenters. The number of amides is 2. The highest BCUT2D eigenvalue weighted by Crippen LogP contribution is 2.49. The summed E-state index contributed by atoms with van der Waals surface area (Å²) in [6.07, 6.45) is 1.42. The molecule has 2 aliphatic heterocycles. The van der Waals surface area contributed by atoms with Crippen LogP contribution in [0.5, 0.6) is 5.75 Å². The zero-order valence-corrected chi connectivity index (χ0v) is 16.2. The molecular formula is C20H26N2O6. The topological polar surface area (TPSA) is 127 Å². The van der Waals surface area contributed by atoms with Crippen LogP contribution >= 0.6 is 0 Å². The van der Waals surface area contributed by atoms with Crippen molar-refractivity contribution in [1.29, 1.82) is 0 Å². The molecule has 0 aliphatic carbocycles. The number of aliphatic carboxylic acids is 1. The van der Waals surface area contributed by atoms with E-state index in [4.69, 9.17) is 0 Å². The average Bonchev–Trinajstić information content (AvgIpc) is 3.13. The third-order valence-corrected chi connectivity index (χ3v) is 5.98. The second-order valence-corrected chi connectivity index (χ2v) is 7.75. The third-order valence-electron chi connectivity index (χ3n) is 5.98. The van der Waals surface area contributed by atoms with E-state index in [9.17, 15) is 29.7 Å². The van der Waals surface area contributed by atoms with Crippen LogP contribution in [0, 0.1) is 25.7 Å². The molecule has 2 fully saturated rings. The highest BCUT2D eigenvalue weighted by molar-refractivity contribution is 6.09. The van der Waals surface area contributed by atoms with E-state index in [0.717, 1.165) is 11.3 Å². The van der Waals surface area contributed by atoms with Crippen LogP contribution in [0.25, 0.3) is 0 Å². The first-order valence-corrected chi connectivity index (χ1v) is 9.46. The maximum absolute atomic E-state index is 13.1. The van der Waals surface area contributed by atoms with Crippen LogP contribution in [0.1, 0.15) is 42.5 Å². The first-order valence-electron chi connectivity index (χ1n) is 9.46. The van der Waals surface area contributed by atoms with Gasteiger partial charge in [-0.25, -0.2) is 0 Å². The number of fused-ring (bicyclic) bond motifs is 1. The van der Waals surface area contributed by atoms with Gasteiger partial charge in [-0.3, -0.25) is 24.6 Å². The Hall–Kier alpha value is -2.45. The number of carboxylic acids is 1. The van der Waals surface area contributed by atoms with Gasteiger partial charge >= 0.3 is 5.97 Å². The summed E-state index contributed by atoms with van der Waals surface area (Å²) in [7, 11) is 0. The Morgan fingerprint density at radius 1 is 1.21 bits per heavy atom. The molecule has 2 saturated heterocycles. The van der Waals surface area contributed by atoms with Crippen LogP contribution < -0.4 is 5.32 Å². The number of aromatic hydroxyl groups is 1. The van der Waals surface area contributed by atoms with Crippen molar-refractivity contribution < 1.29 is 29.7 Å². The van der Waals surface area contributed by atoms with Crippen LogP contribution in [-0.2, 0) is 14.4 Å². The quantitative estimate of drug-likeness (QED) is 0.531. The van der Waals surface area contributed by atoms with Gasteiger partial charge in [-0.05, 0) is 37.0 Å². The number of nitrogens with one attached hydrogen (secondary N) is 1. The number of aryl methyl sites for hydroxylation is 2. The highest BCUT2D eigenvalue weighted by Gasteiger charge is 2.68. The molecule has 1 aromatic rings. The van der Waals surface area contributed by atoms with E-state index >= 15 is 0 Å². The predicted molar refractivity (Wildman–Crippen MR) is 99.5 cm³/mol. The van der Waals surface area contributed by atoms with Gasteiger partial charge in [0, 0.05) is 12.6 Å². The van der Waals surface area contributed by atoms with E-state index in [2.05, 4.69) is 5.32 Å². The fraction of sp³-hybridized carbons (Fsp3) is 0.550. The number of phenolic OH excluding ortho intramolecular Hbond substituents is 1. The van der Waals surface area contributed by atoms with Gasteiger partial charge in [-0.2, -0.15) is 0 Å². The lowest BCUT2D eigenvalue weighted by molar-refractivity contribution is -0.153. The lowest BCUT2D eigenvalue weighted by Gasteiger charge is -2.29. The molecule has 4 N–H and O–H groups in total. The number of carbonyl (C=O) groups excluding carboxylic acids is 2. The van der Waals surface area contributed by atoms with Crippen molar-refractivity contribution >= 4 is 17.8 Å². The predicted octanol–water partition coefficient (Wildman–Crippen LogP) is 0.870. The summed E-state index contributed by atoms with van der Waals surface area (Å²) in [6.45, 7) is 4.79. The van der Waals surface area contributed by atoms with E-state index in [0.29, 0.717) is 23.1 Å². The van der Waals surface area contributed by atoms with Crippen molar-refractivity contribution in [2.75, 3.05) is 13.2 Å². The molecule has 8 nitrogen and oxygen atoms in total. The summed E-state index contributed by atoms with van der Waals surface area (Å²) in [5.41, 5.74) is -0.143. The number of benzene rings is 1. The zero-order chi connectivity index (χ0) is 20.8. The Kier molecular flexibility index (Phi) is 5.20. The number of hydrogen-bond acceptors (Lipinski definition) is 6. The first kappa shape index (κ1) is 20.3. The van der Waals surface area contributed by atoms with Gasteiger partial charge in [0.2, 0.25) is 11.8 Å². The van der Waals surface area contributed by atoms with Crippen molar-refractivity contribution in [3.05, 3.63) is 28.8 Å². The molecule has 2 heterocycles. The van der Waals surface area contributed by atoms with Gasteiger partial charge < -0.3 is 15.3 Å². The van der Waals surface area contributed by atoms with Gasteiger partial charge in [0.1, 0.15) is 5.75 Å². The fourth-order valence-electron chi connectivity index (χ4n) is 4.46. The van der Waals surface area contributed by atoms with Crippen molar-refractivity contribution in [3.8, 4) is 5.75 Å². The molecule has 0 aromatic heterocycles. The molecule has 2 amide bonds. The lowest BCUT2D eigenvalue weighted by atomic mass is 9.79. The molecule has 28 heavy (non-hydrogen) atoms. The minimum Gasteiger partial charge on any atom is -0.507 e. The fourth-order valence-corrected chi connectivity index (χ4v) is 4.46. The number of aliphatic hydroxyl groups excluding tert-OH is 1. The number of unbranched alkanes of at least 4 members (excludes halogenated alkanes) is 1. The van der Waals surface area contributed by atoms with E-state index in [1.165, 1.54) is 0 Å². The van der Waals surface area contributed by atoms with Crippen LogP contribution in [0.2, 0.25) is 0 Å². The molecule has 0 radical (unpaired) electrons. The van der Waals surface area contributed by atoms with Crippen molar-refractivity contribution in [3.63, 3.8) is 0 Å². The summed E-state index contributed by atoms with van der Waals surface area (Å²) in [6, 6.07) is 2.60. The number of phenols is 1. The highest BCUT2D eigenvalue weighted by atomic mass is 16.4. The minimum atomic E-state index is -1.93. The zero-order valence-electron chi connectivity index (χ0n) is 16.2. The Balaban J connectivity index is 2.12. The molecule has 2 aliphatic rings. The van der Waals surface area contributed by atoms with Crippen molar-refractivity contribution in [2.24, 2.45) is 11.8 Å². The summed E-state index contributed by atoms with van der Waals surface area (Å²) in [4.78, 5) is 39.3. The van der Waals surface area contributed by atoms with Crippen molar-refractivity contribution in [2.45, 2.75) is 45.2 Å². The number of carbonyl (C=O) groups is 3. The molecule has 0 saturated carbocycles. The second-order valence-electron chi connectivity index (χ2n) is 7.75. The van der Waals surface area contributed by atoms with Crippen LogP contribution in [0.15, 0.2) is 12.1 Å². The van der Waals surface area contributed by atoms with Crippen molar-refractivity contribution in [1.82, 2.24) is 10.2 Å². The van der Waals surface area contributed by atoms with E-state index in [1.54, 1.807) is 26.0 Å². The number of aliphatic hydroxyl groups is 1. The van der Waals surface area contributed by atoms with Crippen LogP contribution in [0.3, 0.4) is 0 Å². The number of rotatable bonds is 6. The largest absolute Gasteiger partial charge is 0.507 e. The van der Waals surface area contributed by atoms with Gasteiger partial charge in [0.15, 0.2) is 5.54 Å². The Morgan fingerprint density at radius 3 is 2.32 bits per heavy atom. The smallest absolute Gasteiger partial charge is 0.327 e. The Bertz CT molecular complexity index is 815. The van der Waals surface area contributed by atoms with Gasteiger partial charge in [0.05, 0.1) is 18.4 Å².